The molecule has 2 heterocycles. The number of amides is 1. The van der Waals surface area contributed by atoms with Gasteiger partial charge in [-0.2, -0.15) is 0 Å². The maximum atomic E-state index is 13.1. The molecule has 1 atom stereocenters. The lowest BCUT2D eigenvalue weighted by molar-refractivity contribution is 0.0942. The summed E-state index contributed by atoms with van der Waals surface area (Å²) in [6.07, 6.45) is 3.39. The van der Waals surface area contributed by atoms with E-state index < -0.39 is 5.82 Å². The van der Waals surface area contributed by atoms with Crippen LogP contribution in [0, 0.1) is 5.82 Å². The van der Waals surface area contributed by atoms with Gasteiger partial charge in [-0.15, -0.1) is 11.3 Å². The zero-order chi connectivity index (χ0) is 13.8. The summed E-state index contributed by atoms with van der Waals surface area (Å²) < 4.78 is 13.1. The summed E-state index contributed by atoms with van der Waals surface area (Å²) in [6.45, 7) is 3.74. The van der Waals surface area contributed by atoms with Gasteiger partial charge in [-0.1, -0.05) is 6.92 Å². The lowest BCUT2D eigenvalue weighted by Gasteiger charge is -2.13. The van der Waals surface area contributed by atoms with Crippen molar-refractivity contribution >= 4 is 17.2 Å². The highest BCUT2D eigenvalue weighted by atomic mass is 32.1. The third-order valence-electron chi connectivity index (χ3n) is 2.76. The number of aryl methyl sites for hydroxylation is 1. The van der Waals surface area contributed by atoms with Crippen molar-refractivity contribution in [1.82, 2.24) is 15.3 Å². The Morgan fingerprint density at radius 1 is 1.53 bits per heavy atom. The smallest absolute Gasteiger partial charge is 0.263 e. The molecule has 19 heavy (non-hydrogen) atoms. The van der Waals surface area contributed by atoms with Crippen LogP contribution in [0.25, 0.3) is 0 Å². The van der Waals surface area contributed by atoms with Gasteiger partial charge in [-0.3, -0.25) is 9.78 Å². The summed E-state index contributed by atoms with van der Waals surface area (Å²) in [4.78, 5) is 20.6. The Labute approximate surface area is 114 Å². The molecule has 1 amide bonds. The molecule has 0 spiro atoms. The average molecular weight is 279 g/mol. The molecule has 0 unspecified atom stereocenters. The third-order valence-corrected chi connectivity index (χ3v) is 3.62. The number of aromatic nitrogens is 2. The van der Waals surface area contributed by atoms with Crippen LogP contribution in [-0.2, 0) is 6.42 Å². The summed E-state index contributed by atoms with van der Waals surface area (Å²) in [7, 11) is 0. The molecule has 0 saturated heterocycles. The van der Waals surface area contributed by atoms with E-state index in [0.717, 1.165) is 11.9 Å². The van der Waals surface area contributed by atoms with Crippen LogP contribution in [0.15, 0.2) is 24.0 Å². The predicted octanol–water partition coefficient (Wildman–Crippen LogP) is 2.73. The highest BCUT2D eigenvalue weighted by Crippen LogP contribution is 2.17. The molecule has 6 heteroatoms. The number of thiazole rings is 1. The Morgan fingerprint density at radius 2 is 2.32 bits per heavy atom. The zero-order valence-corrected chi connectivity index (χ0v) is 11.5. The lowest BCUT2D eigenvalue weighted by atomic mass is 10.1. The number of rotatable bonds is 4. The van der Waals surface area contributed by atoms with Crippen LogP contribution in [0.2, 0.25) is 0 Å². The van der Waals surface area contributed by atoms with E-state index in [1.165, 1.54) is 17.4 Å². The van der Waals surface area contributed by atoms with Crippen LogP contribution in [-0.4, -0.2) is 15.9 Å². The van der Waals surface area contributed by atoms with Gasteiger partial charge in [0, 0.05) is 6.20 Å². The SMILES string of the molecule is CCc1ncsc1C(=O)N[C@H](C)c1cncc(F)c1. The summed E-state index contributed by atoms with van der Waals surface area (Å²) in [5, 5.41) is 2.83. The van der Waals surface area contributed by atoms with Crippen LogP contribution in [0.4, 0.5) is 4.39 Å². The largest absolute Gasteiger partial charge is 0.345 e. The maximum Gasteiger partial charge on any atom is 0.263 e. The first kappa shape index (κ1) is 13.6. The van der Waals surface area contributed by atoms with Gasteiger partial charge < -0.3 is 5.32 Å². The molecule has 4 nitrogen and oxygen atoms in total. The van der Waals surface area contributed by atoms with E-state index in [4.69, 9.17) is 0 Å². The van der Waals surface area contributed by atoms with Crippen LogP contribution in [0.1, 0.15) is 40.8 Å². The monoisotopic (exact) mass is 279 g/mol. The van der Waals surface area contributed by atoms with E-state index in [1.54, 1.807) is 18.6 Å². The molecule has 0 aromatic carbocycles. The minimum Gasteiger partial charge on any atom is -0.345 e. The minimum atomic E-state index is -0.411. The standard InChI is InChI=1S/C13H14FN3OS/c1-3-11-12(19-7-16-11)13(18)17-8(2)9-4-10(14)6-15-5-9/h4-8H,3H2,1-2H3,(H,17,18)/t8-/m1/s1. The first-order chi connectivity index (χ1) is 9.11. The Bertz CT molecular complexity index is 585. The molecule has 0 fully saturated rings. The van der Waals surface area contributed by atoms with E-state index in [9.17, 15) is 9.18 Å². The number of hydrogen-bond acceptors (Lipinski definition) is 4. The molecule has 0 aliphatic carbocycles. The molecule has 0 aliphatic rings. The van der Waals surface area contributed by atoms with Crippen LogP contribution in [0.5, 0.6) is 0 Å². The van der Waals surface area contributed by atoms with Crippen LogP contribution >= 0.6 is 11.3 Å². The summed E-state index contributed by atoms with van der Waals surface area (Å²) in [6, 6.07) is 1.06. The Morgan fingerprint density at radius 3 is 3.00 bits per heavy atom. The van der Waals surface area contributed by atoms with Crippen molar-refractivity contribution in [2.45, 2.75) is 26.3 Å². The van der Waals surface area contributed by atoms with Crippen molar-refractivity contribution in [2.75, 3.05) is 0 Å². The number of carbonyl (C=O) groups is 1. The first-order valence-corrected chi connectivity index (χ1v) is 6.83. The molecule has 1 N–H and O–H groups in total. The highest BCUT2D eigenvalue weighted by Gasteiger charge is 2.16. The van der Waals surface area contributed by atoms with Gasteiger partial charge in [0.1, 0.15) is 10.7 Å². The summed E-state index contributed by atoms with van der Waals surface area (Å²) in [5.41, 5.74) is 3.07. The predicted molar refractivity (Wildman–Crippen MR) is 71.6 cm³/mol. The van der Waals surface area contributed by atoms with Gasteiger partial charge in [0.25, 0.3) is 5.91 Å². The van der Waals surface area contributed by atoms with E-state index >= 15 is 0 Å². The van der Waals surface area contributed by atoms with Gasteiger partial charge in [0.2, 0.25) is 0 Å². The molecular formula is C13H14FN3OS. The third kappa shape index (κ3) is 3.14. The van der Waals surface area contributed by atoms with Crippen molar-refractivity contribution in [3.05, 3.63) is 45.9 Å². The summed E-state index contributed by atoms with van der Waals surface area (Å²) >= 11 is 1.31. The molecule has 100 valence electrons. The number of nitrogens with one attached hydrogen (secondary N) is 1. The highest BCUT2D eigenvalue weighted by molar-refractivity contribution is 7.11. The molecule has 0 radical (unpaired) electrons. The van der Waals surface area contributed by atoms with Crippen molar-refractivity contribution < 1.29 is 9.18 Å². The minimum absolute atomic E-state index is 0.184. The molecule has 0 bridgehead atoms. The quantitative estimate of drug-likeness (QED) is 0.936. The van der Waals surface area contributed by atoms with Crippen molar-refractivity contribution in [3.63, 3.8) is 0 Å². The number of pyridine rings is 1. The fraction of sp³-hybridized carbons (Fsp3) is 0.308. The Kier molecular flexibility index (Phi) is 4.21. The zero-order valence-electron chi connectivity index (χ0n) is 10.7. The number of hydrogen-bond donors (Lipinski definition) is 1. The van der Waals surface area contributed by atoms with Gasteiger partial charge in [0.05, 0.1) is 23.4 Å². The van der Waals surface area contributed by atoms with Gasteiger partial charge in [-0.05, 0) is 25.0 Å². The van der Waals surface area contributed by atoms with E-state index in [2.05, 4.69) is 15.3 Å². The maximum absolute atomic E-state index is 13.1. The fourth-order valence-corrected chi connectivity index (χ4v) is 2.50. The van der Waals surface area contributed by atoms with Gasteiger partial charge in [0.15, 0.2) is 0 Å². The second-order valence-electron chi connectivity index (χ2n) is 4.11. The molecule has 2 aromatic rings. The number of carbonyl (C=O) groups excluding carboxylic acids is 1. The Balaban J connectivity index is 2.11. The number of nitrogens with zero attached hydrogens (tertiary/aromatic N) is 2. The van der Waals surface area contributed by atoms with Crippen LogP contribution < -0.4 is 5.32 Å². The average Bonchev–Trinajstić information content (AvgIpc) is 2.87. The second-order valence-corrected chi connectivity index (χ2v) is 4.97. The van der Waals surface area contributed by atoms with Crippen molar-refractivity contribution in [1.29, 1.82) is 0 Å². The van der Waals surface area contributed by atoms with Crippen molar-refractivity contribution in [3.8, 4) is 0 Å². The van der Waals surface area contributed by atoms with Crippen molar-refractivity contribution in [2.24, 2.45) is 0 Å². The lowest BCUT2D eigenvalue weighted by Crippen LogP contribution is -2.26. The molecule has 2 rings (SSSR count). The van der Waals surface area contributed by atoms with Gasteiger partial charge >= 0.3 is 0 Å². The first-order valence-electron chi connectivity index (χ1n) is 5.95. The number of halogens is 1. The van der Waals surface area contributed by atoms with Crippen LogP contribution in [0.3, 0.4) is 0 Å². The molecular weight excluding hydrogens is 265 g/mol. The van der Waals surface area contributed by atoms with E-state index in [1.807, 2.05) is 6.92 Å². The molecule has 0 saturated carbocycles. The summed E-state index contributed by atoms with van der Waals surface area (Å²) in [5.74, 6) is -0.596. The van der Waals surface area contributed by atoms with E-state index in [0.29, 0.717) is 16.9 Å². The Hall–Kier alpha value is -1.82. The van der Waals surface area contributed by atoms with Gasteiger partial charge in [-0.25, -0.2) is 9.37 Å². The topological polar surface area (TPSA) is 54.9 Å². The molecule has 0 aliphatic heterocycles. The molecule has 2 aromatic heterocycles. The van der Waals surface area contributed by atoms with E-state index in [-0.39, 0.29) is 11.9 Å². The second kappa shape index (κ2) is 5.88. The fourth-order valence-electron chi connectivity index (χ4n) is 1.72. The normalized spacial score (nSPS) is 12.2.